The summed E-state index contributed by atoms with van der Waals surface area (Å²) in [6.07, 6.45) is 1.85. The monoisotopic (exact) mass is 640 g/mol. The van der Waals surface area contributed by atoms with E-state index in [1.165, 1.54) is 27.1 Å². The van der Waals surface area contributed by atoms with Gasteiger partial charge in [0.2, 0.25) is 0 Å². The predicted octanol–water partition coefficient (Wildman–Crippen LogP) is 10.5. The molecule has 0 aliphatic carbocycles. The van der Waals surface area contributed by atoms with Crippen molar-refractivity contribution in [2.75, 3.05) is 0 Å². The molecule has 10 aromatic rings. The van der Waals surface area contributed by atoms with Gasteiger partial charge >= 0.3 is 0 Å². The molecule has 10 rings (SSSR count). The highest BCUT2D eigenvalue weighted by Gasteiger charge is 2.22. The third-order valence-electron chi connectivity index (χ3n) is 9.41. The Morgan fingerprint density at radius 2 is 0.820 bits per heavy atom. The lowest BCUT2D eigenvalue weighted by Crippen LogP contribution is -2.03. The topological polar surface area (TPSA) is 61.4 Å². The zero-order chi connectivity index (χ0) is 33.0. The van der Waals surface area contributed by atoms with Crippen LogP contribution in [0.25, 0.3) is 89.3 Å². The van der Waals surface area contributed by atoms with Crippen molar-refractivity contribution in [1.82, 2.24) is 29.1 Å². The lowest BCUT2D eigenvalue weighted by molar-refractivity contribution is 1.05. The minimum atomic E-state index is 0.517. The largest absolute Gasteiger partial charge is 0.307 e. The van der Waals surface area contributed by atoms with E-state index >= 15 is 0 Å². The maximum atomic E-state index is 4.98. The quantitative estimate of drug-likeness (QED) is 0.188. The van der Waals surface area contributed by atoms with E-state index in [2.05, 4.69) is 112 Å². The zero-order valence-electron chi connectivity index (χ0n) is 26.8. The van der Waals surface area contributed by atoms with E-state index in [-0.39, 0.29) is 0 Å². The summed E-state index contributed by atoms with van der Waals surface area (Å²) in [4.78, 5) is 19.7. The summed E-state index contributed by atoms with van der Waals surface area (Å²) in [5.41, 5.74) is 9.16. The molecule has 0 saturated carbocycles. The van der Waals surface area contributed by atoms with Crippen LogP contribution in [0, 0.1) is 0 Å². The first-order valence-electron chi connectivity index (χ1n) is 16.7. The smallest absolute Gasteiger partial charge is 0.182 e. The maximum Gasteiger partial charge on any atom is 0.182 e. The molecule has 0 aliphatic heterocycles. The van der Waals surface area contributed by atoms with Crippen LogP contribution in [0.5, 0.6) is 0 Å². The fourth-order valence-electron chi connectivity index (χ4n) is 7.22. The number of hydrogen-bond donors (Lipinski definition) is 0. The first-order chi connectivity index (χ1) is 24.8. The summed E-state index contributed by atoms with van der Waals surface area (Å²) in [7, 11) is 0. The molecule has 0 unspecified atom stereocenters. The van der Waals surface area contributed by atoms with Crippen molar-refractivity contribution in [1.29, 1.82) is 0 Å². The standard InChI is InChI=1S/C44H28N6/c1-4-14-29(15-5-1)42-46-43(30-16-6-2-7-17-30)48-44(47-42)37-28-32(26-27-45-37)50-39-23-13-11-21-34(39)36-25-24-35-33-20-10-12-22-38(33)49(40(35)41(36)50)31-18-8-3-9-19-31/h1-28H. The number of benzene rings is 6. The summed E-state index contributed by atoms with van der Waals surface area (Å²) in [5, 5.41) is 4.79. The Hall–Kier alpha value is -6.92. The van der Waals surface area contributed by atoms with E-state index in [1.54, 1.807) is 0 Å². The van der Waals surface area contributed by atoms with Crippen LogP contribution in [0.2, 0.25) is 0 Å². The second-order valence-electron chi connectivity index (χ2n) is 12.3. The predicted molar refractivity (Wildman–Crippen MR) is 203 cm³/mol. The van der Waals surface area contributed by atoms with Gasteiger partial charge in [0.25, 0.3) is 0 Å². The Kier molecular flexibility index (Phi) is 6.39. The van der Waals surface area contributed by atoms with Crippen LogP contribution >= 0.6 is 0 Å². The molecule has 0 spiro atoms. The SMILES string of the molecule is c1ccc(-c2nc(-c3ccccc3)nc(-c3cc(-n4c5ccccc5c5ccc6c7ccccc7n(-c7ccccc7)c6c54)ccn3)n2)cc1. The van der Waals surface area contributed by atoms with Crippen molar-refractivity contribution in [2.45, 2.75) is 0 Å². The molecule has 6 heteroatoms. The van der Waals surface area contributed by atoms with Crippen molar-refractivity contribution < 1.29 is 0 Å². The van der Waals surface area contributed by atoms with Crippen molar-refractivity contribution in [3.8, 4) is 45.7 Å². The number of pyridine rings is 1. The molecule has 0 N–H and O–H groups in total. The van der Waals surface area contributed by atoms with E-state index < -0.39 is 0 Å². The van der Waals surface area contributed by atoms with Crippen LogP contribution in [-0.2, 0) is 0 Å². The number of aromatic nitrogens is 6. The van der Waals surface area contributed by atoms with Gasteiger partial charge in [0, 0.05) is 44.6 Å². The highest BCUT2D eigenvalue weighted by molar-refractivity contribution is 6.23. The Morgan fingerprint density at radius 3 is 1.38 bits per heavy atom. The van der Waals surface area contributed by atoms with Crippen LogP contribution < -0.4 is 0 Å². The molecule has 0 aliphatic rings. The molecule has 0 atom stereocenters. The van der Waals surface area contributed by atoms with Crippen LogP contribution in [0.15, 0.2) is 170 Å². The third-order valence-corrected chi connectivity index (χ3v) is 9.41. The molecule has 0 saturated heterocycles. The van der Waals surface area contributed by atoms with Gasteiger partial charge in [0.05, 0.1) is 27.8 Å². The van der Waals surface area contributed by atoms with E-state index in [4.69, 9.17) is 19.9 Å². The van der Waals surface area contributed by atoms with Gasteiger partial charge in [-0.2, -0.15) is 0 Å². The summed E-state index contributed by atoms with van der Waals surface area (Å²) in [5.74, 6) is 1.73. The Bertz CT molecular complexity index is 2800. The van der Waals surface area contributed by atoms with Gasteiger partial charge in [0.1, 0.15) is 5.69 Å². The molecule has 0 fully saturated rings. The van der Waals surface area contributed by atoms with Crippen molar-refractivity contribution in [2.24, 2.45) is 0 Å². The Labute approximate surface area is 287 Å². The second-order valence-corrected chi connectivity index (χ2v) is 12.3. The highest BCUT2D eigenvalue weighted by Crippen LogP contribution is 2.41. The molecule has 4 aromatic heterocycles. The van der Waals surface area contributed by atoms with E-state index in [9.17, 15) is 0 Å². The number of para-hydroxylation sites is 3. The minimum absolute atomic E-state index is 0.517. The van der Waals surface area contributed by atoms with Crippen LogP contribution in [0.3, 0.4) is 0 Å². The molecule has 0 radical (unpaired) electrons. The molecular weight excluding hydrogens is 613 g/mol. The maximum absolute atomic E-state index is 4.98. The molecule has 0 amide bonds. The molecule has 6 nitrogen and oxygen atoms in total. The van der Waals surface area contributed by atoms with Gasteiger partial charge < -0.3 is 9.13 Å². The van der Waals surface area contributed by atoms with Crippen LogP contribution in [-0.4, -0.2) is 29.1 Å². The van der Waals surface area contributed by atoms with Gasteiger partial charge in [-0.1, -0.05) is 127 Å². The van der Waals surface area contributed by atoms with Gasteiger partial charge in [-0.15, -0.1) is 0 Å². The fourth-order valence-corrected chi connectivity index (χ4v) is 7.22. The average Bonchev–Trinajstić information content (AvgIpc) is 3.72. The number of fused-ring (bicyclic) bond motifs is 7. The highest BCUT2D eigenvalue weighted by atomic mass is 15.1. The summed E-state index contributed by atoms with van der Waals surface area (Å²) >= 11 is 0. The van der Waals surface area contributed by atoms with Crippen molar-refractivity contribution >= 4 is 43.6 Å². The molecular formula is C44H28N6. The van der Waals surface area contributed by atoms with Gasteiger partial charge in [-0.3, -0.25) is 4.98 Å². The van der Waals surface area contributed by atoms with Crippen molar-refractivity contribution in [3.05, 3.63) is 170 Å². The van der Waals surface area contributed by atoms with Gasteiger partial charge in [-0.25, -0.2) is 15.0 Å². The minimum Gasteiger partial charge on any atom is -0.307 e. The molecule has 4 heterocycles. The molecule has 234 valence electrons. The average molecular weight is 641 g/mol. The van der Waals surface area contributed by atoms with E-state index in [0.717, 1.165) is 39.1 Å². The van der Waals surface area contributed by atoms with Crippen molar-refractivity contribution in [3.63, 3.8) is 0 Å². The number of hydrogen-bond acceptors (Lipinski definition) is 4. The first kappa shape index (κ1) is 28.1. The third kappa shape index (κ3) is 4.43. The Morgan fingerprint density at radius 1 is 0.360 bits per heavy atom. The first-order valence-corrected chi connectivity index (χ1v) is 16.7. The molecule has 0 bridgehead atoms. The summed E-state index contributed by atoms with van der Waals surface area (Å²) in [6.45, 7) is 0. The van der Waals surface area contributed by atoms with E-state index in [1.807, 2.05) is 66.9 Å². The normalized spacial score (nSPS) is 11.6. The van der Waals surface area contributed by atoms with Crippen LogP contribution in [0.1, 0.15) is 0 Å². The fraction of sp³-hybridized carbons (Fsp3) is 0. The van der Waals surface area contributed by atoms with Gasteiger partial charge in [0.15, 0.2) is 17.5 Å². The Balaban J connectivity index is 1.27. The van der Waals surface area contributed by atoms with Crippen LogP contribution in [0.4, 0.5) is 0 Å². The number of nitrogens with zero attached hydrogens (tertiary/aromatic N) is 6. The summed E-state index contributed by atoms with van der Waals surface area (Å²) < 4.78 is 4.77. The zero-order valence-corrected chi connectivity index (χ0v) is 26.8. The molecule has 50 heavy (non-hydrogen) atoms. The van der Waals surface area contributed by atoms with Gasteiger partial charge in [-0.05, 0) is 36.4 Å². The lowest BCUT2D eigenvalue weighted by atomic mass is 10.1. The summed E-state index contributed by atoms with van der Waals surface area (Å²) in [6, 6.07) is 56.7. The molecule has 6 aromatic carbocycles. The number of rotatable bonds is 5. The van der Waals surface area contributed by atoms with E-state index in [0.29, 0.717) is 23.2 Å². The lowest BCUT2D eigenvalue weighted by Gasteiger charge is -2.13. The second kappa shape index (κ2) is 11.4.